The van der Waals surface area contributed by atoms with E-state index in [0.29, 0.717) is 26.4 Å². The second kappa shape index (κ2) is 9.41. The molecular weight excluding hydrogens is 386 g/mol. The number of nitro groups is 1. The van der Waals surface area contributed by atoms with Crippen molar-refractivity contribution in [1.82, 2.24) is 9.55 Å². The van der Waals surface area contributed by atoms with E-state index in [0.717, 1.165) is 24.2 Å². The lowest BCUT2D eigenvalue weighted by atomic mass is 10.1. The first-order chi connectivity index (χ1) is 14.7. The number of fused-ring (bicyclic) bond motifs is 1. The fraction of sp³-hybridized carbons (Fsp3) is 0.318. The van der Waals surface area contributed by atoms with E-state index in [1.54, 1.807) is 4.57 Å². The summed E-state index contributed by atoms with van der Waals surface area (Å²) in [5.41, 5.74) is 2.36. The maximum atomic E-state index is 10.8. The number of nitrogens with zero attached hydrogens (tertiary/aromatic N) is 3. The molecule has 1 aliphatic heterocycles. The fourth-order valence-corrected chi connectivity index (χ4v) is 3.28. The lowest BCUT2D eigenvalue weighted by molar-refractivity contribution is -0.389. The van der Waals surface area contributed by atoms with Crippen molar-refractivity contribution in [3.05, 3.63) is 82.0 Å². The Bertz CT molecular complexity index is 972. The lowest BCUT2D eigenvalue weighted by Gasteiger charge is -2.22. The third-order valence-electron chi connectivity index (χ3n) is 4.85. The van der Waals surface area contributed by atoms with Crippen molar-refractivity contribution in [3.8, 4) is 11.8 Å². The van der Waals surface area contributed by atoms with Gasteiger partial charge in [0.2, 0.25) is 0 Å². The highest BCUT2D eigenvalue weighted by atomic mass is 16.6. The van der Waals surface area contributed by atoms with Gasteiger partial charge in [0.1, 0.15) is 31.3 Å². The van der Waals surface area contributed by atoms with Crippen LogP contribution in [0.3, 0.4) is 0 Å². The van der Waals surface area contributed by atoms with Gasteiger partial charge in [-0.25, -0.2) is 0 Å². The van der Waals surface area contributed by atoms with E-state index in [1.807, 2.05) is 42.5 Å². The molecule has 0 spiro atoms. The average molecular weight is 409 g/mol. The Morgan fingerprint density at radius 1 is 1.13 bits per heavy atom. The van der Waals surface area contributed by atoms with Crippen LogP contribution in [-0.2, 0) is 24.3 Å². The normalized spacial score (nSPS) is 15.3. The standard InChI is InChI=1S/C22H23N3O5/c26-25(27)21-14-24-13-20(16-30-22(24)23-21)28-12-4-7-17-8-10-19(11-9-17)29-15-18-5-2-1-3-6-18/h1-3,5-6,8-11,14,20H,4,7,12-13,15-16H2/t20-/m0/s1. The third-order valence-corrected chi connectivity index (χ3v) is 4.85. The molecule has 1 atom stereocenters. The molecule has 0 saturated carbocycles. The van der Waals surface area contributed by atoms with Crippen LogP contribution >= 0.6 is 0 Å². The second-order valence-electron chi connectivity index (χ2n) is 7.12. The number of hydrogen-bond donors (Lipinski definition) is 0. The second-order valence-corrected chi connectivity index (χ2v) is 7.12. The van der Waals surface area contributed by atoms with Crippen molar-refractivity contribution < 1.29 is 19.1 Å². The van der Waals surface area contributed by atoms with Crippen LogP contribution in [0.4, 0.5) is 5.82 Å². The Kier molecular flexibility index (Phi) is 6.24. The zero-order valence-corrected chi connectivity index (χ0v) is 16.5. The molecule has 8 nitrogen and oxygen atoms in total. The van der Waals surface area contributed by atoms with E-state index in [4.69, 9.17) is 14.2 Å². The molecule has 0 aliphatic carbocycles. The summed E-state index contributed by atoms with van der Waals surface area (Å²) in [4.78, 5) is 14.1. The molecule has 2 heterocycles. The molecule has 0 N–H and O–H groups in total. The molecule has 4 rings (SSSR count). The molecule has 0 saturated heterocycles. The van der Waals surface area contributed by atoms with Crippen LogP contribution in [0.2, 0.25) is 0 Å². The van der Waals surface area contributed by atoms with Gasteiger partial charge in [-0.1, -0.05) is 42.5 Å². The number of ether oxygens (including phenoxy) is 3. The van der Waals surface area contributed by atoms with Crippen LogP contribution in [-0.4, -0.2) is 33.8 Å². The van der Waals surface area contributed by atoms with Crippen molar-refractivity contribution in [3.63, 3.8) is 0 Å². The van der Waals surface area contributed by atoms with E-state index in [9.17, 15) is 10.1 Å². The first-order valence-corrected chi connectivity index (χ1v) is 9.89. The lowest BCUT2D eigenvalue weighted by Crippen LogP contribution is -2.32. The van der Waals surface area contributed by atoms with E-state index in [2.05, 4.69) is 17.1 Å². The number of rotatable bonds is 9. The van der Waals surface area contributed by atoms with Crippen LogP contribution in [0, 0.1) is 10.1 Å². The number of aryl methyl sites for hydroxylation is 1. The number of aromatic nitrogens is 2. The van der Waals surface area contributed by atoms with Gasteiger partial charge in [0.25, 0.3) is 0 Å². The molecule has 2 aromatic carbocycles. The molecule has 8 heteroatoms. The first kappa shape index (κ1) is 19.9. The highest BCUT2D eigenvalue weighted by Crippen LogP contribution is 2.22. The Morgan fingerprint density at radius 2 is 1.93 bits per heavy atom. The van der Waals surface area contributed by atoms with E-state index < -0.39 is 4.92 Å². The third kappa shape index (κ3) is 5.15. The predicted octanol–water partition coefficient (Wildman–Crippen LogP) is 3.78. The highest BCUT2D eigenvalue weighted by Gasteiger charge is 2.28. The quantitative estimate of drug-likeness (QED) is 0.304. The maximum Gasteiger partial charge on any atom is 0.414 e. The highest BCUT2D eigenvalue weighted by molar-refractivity contribution is 5.28. The molecular formula is C22H23N3O5. The van der Waals surface area contributed by atoms with Gasteiger partial charge in [0.05, 0.1) is 6.54 Å². The number of hydrogen-bond acceptors (Lipinski definition) is 6. The Hall–Kier alpha value is -3.39. The molecule has 0 bridgehead atoms. The molecule has 30 heavy (non-hydrogen) atoms. The van der Waals surface area contributed by atoms with Gasteiger partial charge in [-0.3, -0.25) is 4.57 Å². The average Bonchev–Trinajstić information content (AvgIpc) is 3.21. The molecule has 0 unspecified atom stereocenters. The van der Waals surface area contributed by atoms with Crippen molar-refractivity contribution in [2.45, 2.75) is 32.1 Å². The number of imidazole rings is 1. The SMILES string of the molecule is O=[N+]([O-])c1cn2c(n1)OC[C@@H](OCCCc1ccc(OCc3ccccc3)cc1)C2. The summed E-state index contributed by atoms with van der Waals surface area (Å²) in [6, 6.07) is 18.5. The van der Waals surface area contributed by atoms with Crippen molar-refractivity contribution >= 4 is 5.82 Å². The predicted molar refractivity (Wildman–Crippen MR) is 110 cm³/mol. The van der Waals surface area contributed by atoms with E-state index in [-0.39, 0.29) is 17.9 Å². The minimum Gasteiger partial charge on any atom is -0.489 e. The van der Waals surface area contributed by atoms with Crippen LogP contribution in [0.25, 0.3) is 0 Å². The van der Waals surface area contributed by atoms with Gasteiger partial charge in [-0.2, -0.15) is 0 Å². The minimum atomic E-state index is -0.525. The fourth-order valence-electron chi connectivity index (χ4n) is 3.28. The zero-order chi connectivity index (χ0) is 20.8. The summed E-state index contributed by atoms with van der Waals surface area (Å²) >= 11 is 0. The van der Waals surface area contributed by atoms with Crippen LogP contribution in [0.1, 0.15) is 17.5 Å². The molecule has 1 aromatic heterocycles. The van der Waals surface area contributed by atoms with Gasteiger partial charge in [-0.15, -0.1) is 0 Å². The smallest absolute Gasteiger partial charge is 0.414 e. The summed E-state index contributed by atoms with van der Waals surface area (Å²) in [6.07, 6.45) is 3.01. The van der Waals surface area contributed by atoms with Crippen molar-refractivity contribution in [2.75, 3.05) is 13.2 Å². The van der Waals surface area contributed by atoms with Crippen molar-refractivity contribution in [1.29, 1.82) is 0 Å². The topological polar surface area (TPSA) is 88.7 Å². The van der Waals surface area contributed by atoms with E-state index in [1.165, 1.54) is 11.8 Å². The van der Waals surface area contributed by atoms with E-state index >= 15 is 0 Å². The summed E-state index contributed by atoms with van der Waals surface area (Å²) < 4.78 is 18.8. The molecule has 3 aromatic rings. The first-order valence-electron chi connectivity index (χ1n) is 9.89. The van der Waals surface area contributed by atoms with Crippen LogP contribution < -0.4 is 9.47 Å². The van der Waals surface area contributed by atoms with Gasteiger partial charge in [0.15, 0.2) is 0 Å². The largest absolute Gasteiger partial charge is 0.489 e. The Morgan fingerprint density at radius 3 is 2.70 bits per heavy atom. The molecule has 0 amide bonds. The van der Waals surface area contributed by atoms with Gasteiger partial charge in [0, 0.05) is 11.6 Å². The van der Waals surface area contributed by atoms with Gasteiger partial charge >= 0.3 is 11.8 Å². The summed E-state index contributed by atoms with van der Waals surface area (Å²) in [5.74, 6) is 0.644. The number of benzene rings is 2. The van der Waals surface area contributed by atoms with Gasteiger partial charge in [-0.05, 0) is 41.0 Å². The summed E-state index contributed by atoms with van der Waals surface area (Å²) in [6.45, 7) is 2.00. The van der Waals surface area contributed by atoms with Crippen LogP contribution in [0.5, 0.6) is 11.8 Å². The van der Waals surface area contributed by atoms with Crippen LogP contribution in [0.15, 0.2) is 60.8 Å². The zero-order valence-electron chi connectivity index (χ0n) is 16.5. The molecule has 1 aliphatic rings. The Balaban J connectivity index is 1.17. The minimum absolute atomic E-state index is 0.139. The molecule has 0 radical (unpaired) electrons. The monoisotopic (exact) mass is 409 g/mol. The molecule has 156 valence electrons. The summed E-state index contributed by atoms with van der Waals surface area (Å²) in [5, 5.41) is 10.8. The maximum absolute atomic E-state index is 10.8. The summed E-state index contributed by atoms with van der Waals surface area (Å²) in [7, 11) is 0. The Labute approximate surface area is 174 Å². The molecule has 0 fully saturated rings. The van der Waals surface area contributed by atoms with Gasteiger partial charge < -0.3 is 24.3 Å². The van der Waals surface area contributed by atoms with Crippen molar-refractivity contribution in [2.24, 2.45) is 0 Å².